The van der Waals surface area contributed by atoms with Gasteiger partial charge in [-0.15, -0.1) is 0 Å². The van der Waals surface area contributed by atoms with Crippen molar-refractivity contribution in [1.82, 2.24) is 0 Å². The molecule has 0 saturated heterocycles. The largest absolute Gasteiger partial charge is 0.465 e. The van der Waals surface area contributed by atoms with E-state index in [0.29, 0.717) is 37.1 Å². The minimum absolute atomic E-state index is 0.252. The third kappa shape index (κ3) is 5.92. The van der Waals surface area contributed by atoms with Crippen LogP contribution in [0.4, 0.5) is 10.5 Å². The van der Waals surface area contributed by atoms with Gasteiger partial charge in [-0.2, -0.15) is 0 Å². The second kappa shape index (κ2) is 8.74. The lowest BCUT2D eigenvalue weighted by molar-refractivity contribution is 0.0555. The van der Waals surface area contributed by atoms with Crippen molar-refractivity contribution in [1.29, 1.82) is 0 Å². The van der Waals surface area contributed by atoms with Crippen molar-refractivity contribution in [3.63, 3.8) is 0 Å². The predicted molar refractivity (Wildman–Crippen MR) is 74.1 cm³/mol. The Hall–Kier alpha value is -1.30. The number of nitrogens with zero attached hydrogens (tertiary/aromatic N) is 1. The number of rotatable bonds is 8. The first-order valence-corrected chi connectivity index (χ1v) is 6.44. The minimum atomic E-state index is -1.03. The van der Waals surface area contributed by atoms with Crippen LogP contribution in [0.5, 0.6) is 0 Å². The highest BCUT2D eigenvalue weighted by Crippen LogP contribution is 2.19. The monoisotopic (exact) mass is 287 g/mol. The highest BCUT2D eigenvalue weighted by molar-refractivity contribution is 6.30. The molecule has 0 aromatic heterocycles. The van der Waals surface area contributed by atoms with Crippen LogP contribution in [0, 0.1) is 0 Å². The van der Waals surface area contributed by atoms with E-state index in [1.54, 1.807) is 24.3 Å². The fourth-order valence-corrected chi connectivity index (χ4v) is 1.68. The summed E-state index contributed by atoms with van der Waals surface area (Å²) in [6.07, 6.45) is -1.03. The number of ether oxygens (including phenoxy) is 2. The Labute approximate surface area is 117 Å². The maximum atomic E-state index is 11.2. The molecule has 0 unspecified atom stereocenters. The van der Waals surface area contributed by atoms with Crippen LogP contribution in [-0.2, 0) is 9.47 Å². The van der Waals surface area contributed by atoms with Crippen LogP contribution < -0.4 is 4.90 Å². The van der Waals surface area contributed by atoms with Gasteiger partial charge in [0, 0.05) is 17.3 Å². The van der Waals surface area contributed by atoms with Gasteiger partial charge in [-0.1, -0.05) is 17.7 Å². The molecule has 0 saturated carbocycles. The van der Waals surface area contributed by atoms with E-state index >= 15 is 0 Å². The first-order valence-electron chi connectivity index (χ1n) is 6.06. The van der Waals surface area contributed by atoms with E-state index < -0.39 is 6.09 Å². The molecule has 1 amide bonds. The van der Waals surface area contributed by atoms with Crippen molar-refractivity contribution in [3.05, 3.63) is 29.3 Å². The molecular weight excluding hydrogens is 270 g/mol. The van der Waals surface area contributed by atoms with Gasteiger partial charge in [0.1, 0.15) is 0 Å². The van der Waals surface area contributed by atoms with Crippen LogP contribution in [-0.4, -0.2) is 44.2 Å². The molecule has 5 nitrogen and oxygen atoms in total. The van der Waals surface area contributed by atoms with Gasteiger partial charge in [0.25, 0.3) is 0 Å². The number of carboxylic acid groups (broad SMARTS) is 1. The summed E-state index contributed by atoms with van der Waals surface area (Å²) < 4.78 is 10.4. The number of hydrogen-bond donors (Lipinski definition) is 1. The van der Waals surface area contributed by atoms with Crippen LogP contribution in [0.2, 0.25) is 5.02 Å². The van der Waals surface area contributed by atoms with E-state index in [-0.39, 0.29) is 6.54 Å². The SMILES string of the molecule is CCOCCOCCN(C(=O)O)c1cccc(Cl)c1. The minimum Gasteiger partial charge on any atom is -0.465 e. The van der Waals surface area contributed by atoms with E-state index in [1.807, 2.05) is 6.92 Å². The van der Waals surface area contributed by atoms with Gasteiger partial charge in [0.05, 0.1) is 26.4 Å². The quantitative estimate of drug-likeness (QED) is 0.747. The Bertz CT molecular complexity index is 400. The molecule has 19 heavy (non-hydrogen) atoms. The summed E-state index contributed by atoms with van der Waals surface area (Å²) in [7, 11) is 0. The van der Waals surface area contributed by atoms with Crippen LogP contribution in [0.3, 0.4) is 0 Å². The molecule has 0 spiro atoms. The van der Waals surface area contributed by atoms with Gasteiger partial charge in [-0.3, -0.25) is 4.90 Å². The van der Waals surface area contributed by atoms with Gasteiger partial charge >= 0.3 is 6.09 Å². The molecule has 1 rings (SSSR count). The van der Waals surface area contributed by atoms with Crippen LogP contribution in [0.15, 0.2) is 24.3 Å². The average Bonchev–Trinajstić information content (AvgIpc) is 2.37. The summed E-state index contributed by atoms with van der Waals surface area (Å²) in [4.78, 5) is 12.4. The molecule has 0 aliphatic rings. The van der Waals surface area contributed by atoms with Crippen molar-refractivity contribution < 1.29 is 19.4 Å². The van der Waals surface area contributed by atoms with E-state index in [9.17, 15) is 4.79 Å². The molecule has 0 radical (unpaired) electrons. The van der Waals surface area contributed by atoms with Crippen molar-refractivity contribution in [2.75, 3.05) is 37.9 Å². The smallest absolute Gasteiger partial charge is 0.411 e. The predicted octanol–water partition coefficient (Wildman–Crippen LogP) is 2.88. The Morgan fingerprint density at radius 2 is 2.05 bits per heavy atom. The average molecular weight is 288 g/mol. The van der Waals surface area contributed by atoms with Gasteiger partial charge in [-0.25, -0.2) is 4.79 Å². The Kier molecular flexibility index (Phi) is 7.25. The van der Waals surface area contributed by atoms with Crippen molar-refractivity contribution in [3.8, 4) is 0 Å². The lowest BCUT2D eigenvalue weighted by Crippen LogP contribution is -2.32. The van der Waals surface area contributed by atoms with Gasteiger partial charge in [0.15, 0.2) is 0 Å². The molecule has 1 aromatic rings. The molecule has 1 aromatic carbocycles. The maximum absolute atomic E-state index is 11.2. The zero-order valence-electron chi connectivity index (χ0n) is 10.8. The zero-order chi connectivity index (χ0) is 14.1. The number of halogens is 1. The molecule has 0 heterocycles. The summed E-state index contributed by atoms with van der Waals surface area (Å²) in [6.45, 7) is 4.09. The summed E-state index contributed by atoms with van der Waals surface area (Å²) in [6, 6.07) is 6.71. The van der Waals surface area contributed by atoms with Crippen LogP contribution >= 0.6 is 11.6 Å². The normalized spacial score (nSPS) is 10.4. The Balaban J connectivity index is 2.44. The molecule has 1 N–H and O–H groups in total. The van der Waals surface area contributed by atoms with Gasteiger partial charge in [0.2, 0.25) is 0 Å². The Morgan fingerprint density at radius 1 is 1.32 bits per heavy atom. The van der Waals surface area contributed by atoms with Crippen molar-refractivity contribution in [2.24, 2.45) is 0 Å². The molecule has 0 aliphatic heterocycles. The Morgan fingerprint density at radius 3 is 2.68 bits per heavy atom. The fraction of sp³-hybridized carbons (Fsp3) is 0.462. The van der Waals surface area contributed by atoms with E-state index in [1.165, 1.54) is 4.90 Å². The highest BCUT2D eigenvalue weighted by atomic mass is 35.5. The molecule has 106 valence electrons. The number of hydrogen-bond acceptors (Lipinski definition) is 3. The third-order valence-electron chi connectivity index (χ3n) is 2.39. The van der Waals surface area contributed by atoms with Gasteiger partial charge < -0.3 is 14.6 Å². The zero-order valence-corrected chi connectivity index (χ0v) is 11.6. The van der Waals surface area contributed by atoms with Crippen LogP contribution in [0.1, 0.15) is 6.92 Å². The summed E-state index contributed by atoms with van der Waals surface area (Å²) in [5.41, 5.74) is 0.536. The first-order chi connectivity index (χ1) is 9.15. The molecule has 6 heteroatoms. The number of anilines is 1. The lowest BCUT2D eigenvalue weighted by atomic mass is 10.3. The molecular formula is C13H18ClNO4. The third-order valence-corrected chi connectivity index (χ3v) is 2.62. The second-order valence-electron chi connectivity index (χ2n) is 3.72. The van der Waals surface area contributed by atoms with E-state index in [2.05, 4.69) is 0 Å². The molecule has 0 aliphatic carbocycles. The number of amides is 1. The van der Waals surface area contributed by atoms with Crippen molar-refractivity contribution >= 4 is 23.4 Å². The molecule has 0 fully saturated rings. The van der Waals surface area contributed by atoms with E-state index in [0.717, 1.165) is 0 Å². The topological polar surface area (TPSA) is 59.0 Å². The second-order valence-corrected chi connectivity index (χ2v) is 4.16. The fourth-order valence-electron chi connectivity index (χ4n) is 1.50. The van der Waals surface area contributed by atoms with Gasteiger partial charge in [-0.05, 0) is 25.1 Å². The molecule has 0 bridgehead atoms. The van der Waals surface area contributed by atoms with E-state index in [4.69, 9.17) is 26.2 Å². The number of benzene rings is 1. The maximum Gasteiger partial charge on any atom is 0.411 e. The highest BCUT2D eigenvalue weighted by Gasteiger charge is 2.14. The summed E-state index contributed by atoms with van der Waals surface area (Å²) in [5.74, 6) is 0. The number of carbonyl (C=O) groups is 1. The lowest BCUT2D eigenvalue weighted by Gasteiger charge is -2.19. The molecule has 0 atom stereocenters. The standard InChI is InChI=1S/C13H18ClNO4/c1-2-18-8-9-19-7-6-15(13(16)17)12-5-3-4-11(14)10-12/h3-5,10H,2,6-9H2,1H3,(H,16,17). The van der Waals surface area contributed by atoms with Crippen molar-refractivity contribution in [2.45, 2.75) is 6.92 Å². The summed E-state index contributed by atoms with van der Waals surface area (Å²) in [5, 5.41) is 9.66. The first kappa shape index (κ1) is 15.8. The summed E-state index contributed by atoms with van der Waals surface area (Å²) >= 11 is 5.84. The van der Waals surface area contributed by atoms with Crippen LogP contribution in [0.25, 0.3) is 0 Å².